The summed E-state index contributed by atoms with van der Waals surface area (Å²) in [7, 11) is -0.229. The van der Waals surface area contributed by atoms with Gasteiger partial charge in [0, 0.05) is 18.7 Å². The molecule has 160 valence electrons. The van der Waals surface area contributed by atoms with Crippen molar-refractivity contribution < 1.29 is 13.2 Å². The maximum Gasteiger partial charge on any atom is 0.215 e. The predicted octanol–water partition coefficient (Wildman–Crippen LogP) is 2.62. The van der Waals surface area contributed by atoms with Crippen LogP contribution in [0.15, 0.2) is 53.5 Å². The lowest BCUT2D eigenvalue weighted by Crippen LogP contribution is -2.36. The van der Waals surface area contributed by atoms with Crippen LogP contribution >= 0.6 is 24.0 Å². The van der Waals surface area contributed by atoms with Gasteiger partial charge in [-0.25, -0.2) is 18.1 Å². The first kappa shape index (κ1) is 25.2. The third-order valence-corrected chi connectivity index (χ3v) is 5.40. The van der Waals surface area contributed by atoms with E-state index in [2.05, 4.69) is 20.3 Å². The maximum atomic E-state index is 11.7. The van der Waals surface area contributed by atoms with E-state index in [1.54, 1.807) is 13.2 Å². The second kappa shape index (κ2) is 12.7. The zero-order valence-electron chi connectivity index (χ0n) is 16.9. The molecule has 0 amide bonds. The topological polar surface area (TPSA) is 91.8 Å². The molecule has 0 saturated heterocycles. The molecule has 7 nitrogen and oxygen atoms in total. The van der Waals surface area contributed by atoms with Crippen LogP contribution in [-0.2, 0) is 28.9 Å². The molecule has 0 bridgehead atoms. The van der Waals surface area contributed by atoms with Crippen LogP contribution in [-0.4, -0.2) is 35.1 Å². The summed E-state index contributed by atoms with van der Waals surface area (Å²) in [4.78, 5) is 4.60. The number of aliphatic imine (C=N–C) groups is 1. The molecule has 3 N–H and O–H groups in total. The highest BCUT2D eigenvalue weighted by Crippen LogP contribution is 2.16. The molecule has 0 atom stereocenters. The minimum Gasteiger partial charge on any atom is -0.496 e. The van der Waals surface area contributed by atoms with E-state index in [1.807, 2.05) is 49.4 Å². The van der Waals surface area contributed by atoms with Gasteiger partial charge in [0.05, 0.1) is 19.4 Å². The van der Waals surface area contributed by atoms with Gasteiger partial charge in [0.25, 0.3) is 0 Å². The molecule has 0 spiro atoms. The minimum absolute atomic E-state index is 0. The number of methoxy groups -OCH3 is 1. The Balaban J connectivity index is 0.00000420. The molecule has 0 aliphatic carbocycles. The first-order chi connectivity index (χ1) is 13.5. The van der Waals surface area contributed by atoms with Gasteiger partial charge in [-0.3, -0.25) is 0 Å². The van der Waals surface area contributed by atoms with E-state index < -0.39 is 10.0 Å². The van der Waals surface area contributed by atoms with Crippen LogP contribution < -0.4 is 20.1 Å². The normalized spacial score (nSPS) is 11.5. The Kier molecular flexibility index (Phi) is 11.0. The van der Waals surface area contributed by atoms with Gasteiger partial charge in [0.15, 0.2) is 5.96 Å². The fourth-order valence-electron chi connectivity index (χ4n) is 2.65. The summed E-state index contributed by atoms with van der Waals surface area (Å²) in [5.74, 6) is 1.46. The number of rotatable bonds is 9. The second-order valence-corrected chi connectivity index (χ2v) is 8.07. The maximum absolute atomic E-state index is 11.7. The number of hydrogen-bond donors (Lipinski definition) is 3. The van der Waals surface area contributed by atoms with Crippen molar-refractivity contribution in [2.45, 2.75) is 25.8 Å². The number of sulfonamides is 1. The first-order valence-corrected chi connectivity index (χ1v) is 10.8. The average Bonchev–Trinajstić information content (AvgIpc) is 2.70. The highest BCUT2D eigenvalue weighted by atomic mass is 127. The van der Waals surface area contributed by atoms with Crippen LogP contribution in [0.25, 0.3) is 0 Å². The van der Waals surface area contributed by atoms with Gasteiger partial charge in [-0.15, -0.1) is 24.0 Å². The number of benzene rings is 2. The van der Waals surface area contributed by atoms with E-state index in [9.17, 15) is 8.42 Å². The van der Waals surface area contributed by atoms with Gasteiger partial charge in [-0.1, -0.05) is 42.5 Å². The number of hydrogen-bond acceptors (Lipinski definition) is 4. The Labute approximate surface area is 190 Å². The molecule has 2 aromatic rings. The summed E-state index contributed by atoms with van der Waals surface area (Å²) in [6.07, 6.45) is 0. The molecule has 0 aliphatic rings. The van der Waals surface area contributed by atoms with Crippen molar-refractivity contribution >= 4 is 40.0 Å². The number of para-hydroxylation sites is 1. The van der Waals surface area contributed by atoms with Crippen molar-refractivity contribution in [1.29, 1.82) is 0 Å². The Morgan fingerprint density at radius 1 is 1.07 bits per heavy atom. The lowest BCUT2D eigenvalue weighted by Gasteiger charge is -2.13. The molecule has 0 heterocycles. The third kappa shape index (κ3) is 8.58. The Morgan fingerprint density at radius 3 is 2.48 bits per heavy atom. The largest absolute Gasteiger partial charge is 0.496 e. The van der Waals surface area contributed by atoms with Gasteiger partial charge in [-0.2, -0.15) is 0 Å². The van der Waals surface area contributed by atoms with Crippen molar-refractivity contribution in [1.82, 2.24) is 15.4 Å². The molecular weight excluding hydrogens is 503 g/mol. The van der Waals surface area contributed by atoms with Gasteiger partial charge in [0.1, 0.15) is 5.75 Å². The van der Waals surface area contributed by atoms with Gasteiger partial charge in [-0.05, 0) is 31.2 Å². The van der Waals surface area contributed by atoms with E-state index >= 15 is 0 Å². The molecular formula is C20H29IN4O3S. The van der Waals surface area contributed by atoms with Gasteiger partial charge < -0.3 is 15.4 Å². The molecule has 0 aliphatic heterocycles. The van der Waals surface area contributed by atoms with Crippen LogP contribution in [0.4, 0.5) is 0 Å². The predicted molar refractivity (Wildman–Crippen MR) is 128 cm³/mol. The summed E-state index contributed by atoms with van der Waals surface area (Å²) in [5.41, 5.74) is 2.71. The van der Waals surface area contributed by atoms with E-state index in [-0.39, 0.29) is 29.7 Å². The molecule has 0 radical (unpaired) electrons. The van der Waals surface area contributed by atoms with Crippen LogP contribution in [0.1, 0.15) is 23.6 Å². The summed E-state index contributed by atoms with van der Waals surface area (Å²) < 4.78 is 31.2. The lowest BCUT2D eigenvalue weighted by molar-refractivity contribution is 0.409. The van der Waals surface area contributed by atoms with Crippen molar-refractivity contribution in [3.05, 3.63) is 65.2 Å². The molecule has 0 saturated carbocycles. The van der Waals surface area contributed by atoms with Crippen molar-refractivity contribution in [2.75, 3.05) is 20.7 Å². The van der Waals surface area contributed by atoms with Crippen LogP contribution in [0.2, 0.25) is 0 Å². The Hall–Kier alpha value is -1.85. The summed E-state index contributed by atoms with van der Waals surface area (Å²) in [6.45, 7) is 3.76. The molecule has 0 fully saturated rings. The Bertz CT molecular complexity index is 904. The summed E-state index contributed by atoms with van der Waals surface area (Å²) >= 11 is 0. The van der Waals surface area contributed by atoms with E-state index in [1.165, 1.54) is 7.05 Å². The molecule has 2 rings (SSSR count). The zero-order chi connectivity index (χ0) is 20.4. The Morgan fingerprint density at radius 2 is 1.79 bits per heavy atom. The average molecular weight is 532 g/mol. The minimum atomic E-state index is -3.30. The number of ether oxygens (including phenoxy) is 1. The second-order valence-electron chi connectivity index (χ2n) is 6.14. The first-order valence-electron chi connectivity index (χ1n) is 9.10. The number of nitrogens with zero attached hydrogens (tertiary/aromatic N) is 1. The summed E-state index contributed by atoms with van der Waals surface area (Å²) in [5, 5.41) is 6.51. The summed E-state index contributed by atoms with van der Waals surface area (Å²) in [6, 6.07) is 15.3. The van der Waals surface area contributed by atoms with Crippen molar-refractivity contribution in [3.8, 4) is 5.75 Å². The van der Waals surface area contributed by atoms with Crippen molar-refractivity contribution in [3.63, 3.8) is 0 Å². The third-order valence-electron chi connectivity index (χ3n) is 4.06. The van der Waals surface area contributed by atoms with E-state index in [0.29, 0.717) is 19.0 Å². The van der Waals surface area contributed by atoms with Crippen LogP contribution in [0, 0.1) is 0 Å². The molecule has 0 aromatic heterocycles. The molecule has 9 heteroatoms. The highest BCUT2D eigenvalue weighted by Gasteiger charge is 2.09. The fourth-order valence-corrected chi connectivity index (χ4v) is 3.41. The number of halogens is 1. The molecule has 2 aromatic carbocycles. The monoisotopic (exact) mass is 532 g/mol. The van der Waals surface area contributed by atoms with Gasteiger partial charge in [0.2, 0.25) is 10.0 Å². The van der Waals surface area contributed by atoms with Crippen molar-refractivity contribution in [2.24, 2.45) is 4.99 Å². The highest BCUT2D eigenvalue weighted by molar-refractivity contribution is 14.0. The molecule has 29 heavy (non-hydrogen) atoms. The fraction of sp³-hybridized carbons (Fsp3) is 0.350. The van der Waals surface area contributed by atoms with E-state index in [0.717, 1.165) is 29.0 Å². The standard InChI is InChI=1S/C20H28N4O3S.HI/c1-4-22-20(24-14-18-10-5-6-11-19(18)27-3)23-13-16-8-7-9-17(12-16)15-28(25,26)21-2;/h5-12,21H,4,13-15H2,1-3H3,(H2,22,23,24);1H. The lowest BCUT2D eigenvalue weighted by atomic mass is 10.1. The molecule has 0 unspecified atom stereocenters. The quantitative estimate of drug-likeness (QED) is 0.263. The number of nitrogens with one attached hydrogen (secondary N) is 3. The SMILES string of the molecule is CCNC(=NCc1cccc(CS(=O)(=O)NC)c1)NCc1ccccc1OC.I. The number of guanidine groups is 1. The zero-order valence-corrected chi connectivity index (χ0v) is 20.1. The van der Waals surface area contributed by atoms with Crippen LogP contribution in [0.5, 0.6) is 5.75 Å². The smallest absolute Gasteiger partial charge is 0.215 e. The van der Waals surface area contributed by atoms with E-state index in [4.69, 9.17) is 4.74 Å². The van der Waals surface area contributed by atoms with Crippen LogP contribution in [0.3, 0.4) is 0 Å². The van der Waals surface area contributed by atoms with Gasteiger partial charge >= 0.3 is 0 Å².